The molecule has 1 aromatic heterocycles. The molecule has 1 fully saturated rings. The molecule has 2 heterocycles. The number of aromatic nitrogens is 1. The fraction of sp³-hybridized carbons (Fsp3) is 0.333. The molecule has 2 aromatic rings. The van der Waals surface area contributed by atoms with Gasteiger partial charge in [-0.05, 0) is 25.5 Å². The third-order valence-electron chi connectivity index (χ3n) is 3.94. The lowest BCUT2D eigenvalue weighted by Crippen LogP contribution is -2.40. The minimum absolute atomic E-state index is 0. The zero-order valence-corrected chi connectivity index (χ0v) is 12.1. The molecular formula is C15H18ClN3O. The number of pyridine rings is 1. The maximum Gasteiger partial charge on any atom is 0.256 e. The molecule has 1 saturated heterocycles. The van der Waals surface area contributed by atoms with E-state index in [0.717, 1.165) is 23.9 Å². The number of hydrogen-bond acceptors (Lipinski definition) is 3. The molecule has 20 heavy (non-hydrogen) atoms. The minimum Gasteiger partial charge on any atom is -0.334 e. The topological polar surface area (TPSA) is 59.2 Å². The maximum atomic E-state index is 12.6. The summed E-state index contributed by atoms with van der Waals surface area (Å²) in [6.45, 7) is 2.73. The first-order valence-electron chi connectivity index (χ1n) is 6.59. The van der Waals surface area contributed by atoms with Gasteiger partial charge in [0.2, 0.25) is 0 Å². The van der Waals surface area contributed by atoms with Crippen molar-refractivity contribution in [2.45, 2.75) is 25.4 Å². The van der Waals surface area contributed by atoms with Gasteiger partial charge >= 0.3 is 0 Å². The molecule has 0 saturated carbocycles. The highest BCUT2D eigenvalue weighted by Gasteiger charge is 2.32. The second-order valence-corrected chi connectivity index (χ2v) is 5.07. The molecule has 1 aliphatic rings. The van der Waals surface area contributed by atoms with E-state index in [2.05, 4.69) is 4.98 Å². The van der Waals surface area contributed by atoms with Gasteiger partial charge in [-0.2, -0.15) is 0 Å². The van der Waals surface area contributed by atoms with Crippen LogP contribution in [0, 0.1) is 0 Å². The predicted octanol–water partition coefficient (Wildman–Crippen LogP) is 2.22. The van der Waals surface area contributed by atoms with Crippen molar-refractivity contribution in [3.05, 3.63) is 42.1 Å². The Bertz CT molecular complexity index is 626. The fourth-order valence-corrected chi connectivity index (χ4v) is 2.68. The van der Waals surface area contributed by atoms with Gasteiger partial charge in [-0.15, -0.1) is 12.4 Å². The van der Waals surface area contributed by atoms with Gasteiger partial charge in [0.15, 0.2) is 0 Å². The van der Waals surface area contributed by atoms with Crippen molar-refractivity contribution in [3.63, 3.8) is 0 Å². The van der Waals surface area contributed by atoms with Gasteiger partial charge in [-0.1, -0.05) is 18.2 Å². The Morgan fingerprint density at radius 3 is 2.80 bits per heavy atom. The van der Waals surface area contributed by atoms with Gasteiger partial charge in [-0.3, -0.25) is 9.78 Å². The van der Waals surface area contributed by atoms with E-state index < -0.39 is 0 Å². The van der Waals surface area contributed by atoms with E-state index in [4.69, 9.17) is 5.73 Å². The molecule has 0 aliphatic carbocycles. The number of halogens is 1. The number of carbonyl (C=O) groups is 1. The van der Waals surface area contributed by atoms with E-state index in [1.54, 1.807) is 6.20 Å². The van der Waals surface area contributed by atoms with Crippen molar-refractivity contribution in [1.82, 2.24) is 9.88 Å². The number of benzene rings is 1. The Balaban J connectivity index is 0.00000147. The Labute approximate surface area is 124 Å². The van der Waals surface area contributed by atoms with E-state index in [1.807, 2.05) is 42.2 Å². The largest absolute Gasteiger partial charge is 0.334 e. The molecule has 0 bridgehead atoms. The number of likely N-dealkylation sites (tertiary alicyclic amines) is 1. The number of rotatable bonds is 1. The smallest absolute Gasteiger partial charge is 0.256 e. The van der Waals surface area contributed by atoms with Crippen LogP contribution in [0.3, 0.4) is 0 Å². The summed E-state index contributed by atoms with van der Waals surface area (Å²) in [6, 6.07) is 9.73. The summed E-state index contributed by atoms with van der Waals surface area (Å²) in [7, 11) is 0. The monoisotopic (exact) mass is 291 g/mol. The SMILES string of the molecule is CC1C(N)CCN1C(=O)c1cccc2cccnc12.Cl. The van der Waals surface area contributed by atoms with E-state index in [9.17, 15) is 4.79 Å². The molecule has 2 N–H and O–H groups in total. The summed E-state index contributed by atoms with van der Waals surface area (Å²) in [5, 5.41) is 0.990. The first-order chi connectivity index (χ1) is 9.18. The molecule has 3 rings (SSSR count). The Morgan fingerprint density at radius 1 is 1.35 bits per heavy atom. The Morgan fingerprint density at radius 2 is 2.10 bits per heavy atom. The minimum atomic E-state index is 0. The van der Waals surface area contributed by atoms with Crippen LogP contribution in [0.25, 0.3) is 10.9 Å². The van der Waals surface area contributed by atoms with Crippen molar-refractivity contribution < 1.29 is 4.79 Å². The number of para-hydroxylation sites is 1. The van der Waals surface area contributed by atoms with Gasteiger partial charge in [0.25, 0.3) is 5.91 Å². The summed E-state index contributed by atoms with van der Waals surface area (Å²) in [5.74, 6) is 0.0322. The van der Waals surface area contributed by atoms with E-state index >= 15 is 0 Å². The summed E-state index contributed by atoms with van der Waals surface area (Å²) in [4.78, 5) is 18.8. The first kappa shape index (κ1) is 14.8. The number of nitrogens with zero attached hydrogens (tertiary/aromatic N) is 2. The van der Waals surface area contributed by atoms with Gasteiger partial charge in [0, 0.05) is 30.2 Å². The quantitative estimate of drug-likeness (QED) is 0.876. The number of hydrogen-bond donors (Lipinski definition) is 1. The van der Waals surface area contributed by atoms with Crippen molar-refractivity contribution in [1.29, 1.82) is 0 Å². The zero-order chi connectivity index (χ0) is 13.4. The van der Waals surface area contributed by atoms with Crippen LogP contribution in [0.5, 0.6) is 0 Å². The molecular weight excluding hydrogens is 274 g/mol. The molecule has 2 atom stereocenters. The number of fused-ring (bicyclic) bond motifs is 1. The summed E-state index contributed by atoms with van der Waals surface area (Å²) in [6.07, 6.45) is 2.59. The molecule has 106 valence electrons. The summed E-state index contributed by atoms with van der Waals surface area (Å²) >= 11 is 0. The van der Waals surface area contributed by atoms with Crippen molar-refractivity contribution in [2.75, 3.05) is 6.54 Å². The average Bonchev–Trinajstić information content (AvgIpc) is 2.78. The van der Waals surface area contributed by atoms with Crippen LogP contribution in [0.1, 0.15) is 23.7 Å². The Kier molecular flexibility index (Phi) is 4.26. The predicted molar refractivity (Wildman–Crippen MR) is 82.1 cm³/mol. The molecule has 4 nitrogen and oxygen atoms in total. The zero-order valence-electron chi connectivity index (χ0n) is 11.3. The molecule has 2 unspecified atom stereocenters. The van der Waals surface area contributed by atoms with Crippen LogP contribution in [0.4, 0.5) is 0 Å². The summed E-state index contributed by atoms with van der Waals surface area (Å²) in [5.41, 5.74) is 7.42. The van der Waals surface area contributed by atoms with Crippen LogP contribution in [-0.2, 0) is 0 Å². The van der Waals surface area contributed by atoms with Gasteiger partial charge in [0.1, 0.15) is 0 Å². The normalized spacial score (nSPS) is 21.8. The molecule has 0 radical (unpaired) electrons. The maximum absolute atomic E-state index is 12.6. The lowest BCUT2D eigenvalue weighted by atomic mass is 10.1. The van der Waals surface area contributed by atoms with Crippen LogP contribution in [-0.4, -0.2) is 34.4 Å². The molecule has 0 spiro atoms. The van der Waals surface area contributed by atoms with Gasteiger partial charge in [-0.25, -0.2) is 0 Å². The first-order valence-corrected chi connectivity index (χ1v) is 6.59. The molecule has 1 aromatic carbocycles. The molecule has 1 amide bonds. The Hall–Kier alpha value is -1.65. The average molecular weight is 292 g/mol. The van der Waals surface area contributed by atoms with Crippen LogP contribution in [0.15, 0.2) is 36.5 Å². The highest BCUT2D eigenvalue weighted by Crippen LogP contribution is 2.22. The molecule has 1 aliphatic heterocycles. The van der Waals surface area contributed by atoms with Crippen LogP contribution >= 0.6 is 12.4 Å². The lowest BCUT2D eigenvalue weighted by Gasteiger charge is -2.23. The molecule has 5 heteroatoms. The van der Waals surface area contributed by atoms with E-state index in [-0.39, 0.29) is 30.4 Å². The highest BCUT2D eigenvalue weighted by molar-refractivity contribution is 6.05. The third-order valence-corrected chi connectivity index (χ3v) is 3.94. The second-order valence-electron chi connectivity index (χ2n) is 5.07. The fourth-order valence-electron chi connectivity index (χ4n) is 2.68. The van der Waals surface area contributed by atoms with Crippen LogP contribution < -0.4 is 5.73 Å². The van der Waals surface area contributed by atoms with Crippen LogP contribution in [0.2, 0.25) is 0 Å². The van der Waals surface area contributed by atoms with E-state index in [1.165, 1.54) is 0 Å². The number of nitrogens with two attached hydrogens (primary N) is 1. The highest BCUT2D eigenvalue weighted by atomic mass is 35.5. The third kappa shape index (κ3) is 2.37. The van der Waals surface area contributed by atoms with Crippen molar-refractivity contribution in [3.8, 4) is 0 Å². The van der Waals surface area contributed by atoms with Gasteiger partial charge < -0.3 is 10.6 Å². The number of amides is 1. The summed E-state index contributed by atoms with van der Waals surface area (Å²) < 4.78 is 0. The van der Waals surface area contributed by atoms with Gasteiger partial charge in [0.05, 0.1) is 11.1 Å². The van der Waals surface area contributed by atoms with E-state index in [0.29, 0.717) is 5.56 Å². The second kappa shape index (κ2) is 5.77. The lowest BCUT2D eigenvalue weighted by molar-refractivity contribution is 0.0744. The standard InChI is InChI=1S/C15H17N3O.ClH/c1-10-13(16)7-9-18(10)15(19)12-6-2-4-11-5-3-8-17-14(11)12;/h2-6,8,10,13H,7,9,16H2,1H3;1H. The van der Waals surface area contributed by atoms with Crippen molar-refractivity contribution >= 4 is 29.2 Å². The number of carbonyl (C=O) groups excluding carboxylic acids is 1. The van der Waals surface area contributed by atoms with Crippen molar-refractivity contribution in [2.24, 2.45) is 5.73 Å².